The Hall–Kier alpha value is -2.38. The van der Waals surface area contributed by atoms with Crippen LogP contribution in [0.5, 0.6) is 5.75 Å². The van der Waals surface area contributed by atoms with Crippen molar-refractivity contribution in [3.8, 4) is 5.75 Å². The van der Waals surface area contributed by atoms with Gasteiger partial charge in [-0.2, -0.15) is 0 Å². The molecule has 2 aromatic rings. The molecule has 0 radical (unpaired) electrons. The number of carbonyl (C=O) groups excluding carboxylic acids is 1. The molecule has 29 heavy (non-hydrogen) atoms. The van der Waals surface area contributed by atoms with E-state index < -0.39 is 10.0 Å². The Kier molecular flexibility index (Phi) is 8.67. The molecule has 0 aliphatic rings. The second-order valence-electron chi connectivity index (χ2n) is 7.11. The molecule has 7 heteroatoms. The number of hydrogen-bond donors (Lipinski definition) is 2. The zero-order chi connectivity index (χ0) is 21.3. The Bertz CT molecular complexity index is 909. The van der Waals surface area contributed by atoms with Crippen LogP contribution in [0.2, 0.25) is 0 Å². The molecule has 0 unspecified atom stereocenters. The lowest BCUT2D eigenvalue weighted by Crippen LogP contribution is -2.31. The molecular formula is C22H30N2O4S. The lowest BCUT2D eigenvalue weighted by molar-refractivity contribution is -0.120. The van der Waals surface area contributed by atoms with E-state index in [0.29, 0.717) is 13.2 Å². The van der Waals surface area contributed by atoms with E-state index in [-0.39, 0.29) is 23.8 Å². The summed E-state index contributed by atoms with van der Waals surface area (Å²) in [6, 6.07) is 12.9. The summed E-state index contributed by atoms with van der Waals surface area (Å²) in [5.74, 6) is 0.669. The number of rotatable bonds is 11. The molecule has 0 spiro atoms. The largest absolute Gasteiger partial charge is 0.494 e. The second-order valence-corrected chi connectivity index (χ2v) is 8.88. The number of sulfonamides is 1. The molecule has 0 fully saturated rings. The summed E-state index contributed by atoms with van der Waals surface area (Å²) in [4.78, 5) is 12.1. The van der Waals surface area contributed by atoms with Gasteiger partial charge in [0.15, 0.2) is 0 Å². The fourth-order valence-corrected chi connectivity index (χ4v) is 3.75. The van der Waals surface area contributed by atoms with Crippen LogP contribution in [0.3, 0.4) is 0 Å². The normalized spacial score (nSPS) is 11.3. The Balaban J connectivity index is 1.59. The maximum absolute atomic E-state index is 12.3. The van der Waals surface area contributed by atoms with Crippen LogP contribution in [-0.4, -0.2) is 34.0 Å². The van der Waals surface area contributed by atoms with Gasteiger partial charge in [0.25, 0.3) is 0 Å². The Labute approximate surface area is 173 Å². The molecule has 0 saturated carbocycles. The molecule has 2 rings (SSSR count). The van der Waals surface area contributed by atoms with E-state index in [9.17, 15) is 13.2 Å². The van der Waals surface area contributed by atoms with Crippen LogP contribution in [-0.2, 0) is 14.8 Å². The van der Waals surface area contributed by atoms with Gasteiger partial charge in [0.1, 0.15) is 5.75 Å². The number of nitrogens with one attached hydrogen (secondary N) is 2. The predicted octanol–water partition coefficient (Wildman–Crippen LogP) is 3.26. The van der Waals surface area contributed by atoms with Gasteiger partial charge in [-0.3, -0.25) is 4.79 Å². The number of ether oxygens (including phenoxy) is 1. The van der Waals surface area contributed by atoms with E-state index in [1.165, 1.54) is 5.56 Å². The van der Waals surface area contributed by atoms with Gasteiger partial charge < -0.3 is 10.1 Å². The summed E-state index contributed by atoms with van der Waals surface area (Å²) >= 11 is 0. The summed E-state index contributed by atoms with van der Waals surface area (Å²) < 4.78 is 32.7. The quantitative estimate of drug-likeness (QED) is 0.549. The van der Waals surface area contributed by atoms with Crippen LogP contribution in [0.15, 0.2) is 47.4 Å². The first-order valence-electron chi connectivity index (χ1n) is 9.81. The molecule has 0 bridgehead atoms. The van der Waals surface area contributed by atoms with Gasteiger partial charge in [0.2, 0.25) is 15.9 Å². The summed E-state index contributed by atoms with van der Waals surface area (Å²) in [6.45, 7) is 7.03. The van der Waals surface area contributed by atoms with Crippen molar-refractivity contribution < 1.29 is 17.9 Å². The summed E-state index contributed by atoms with van der Waals surface area (Å²) in [5, 5.41) is 2.80. The van der Waals surface area contributed by atoms with E-state index in [0.717, 1.165) is 29.7 Å². The minimum absolute atomic E-state index is 0.0671. The smallest absolute Gasteiger partial charge is 0.240 e. The number of benzene rings is 2. The first-order valence-corrected chi connectivity index (χ1v) is 11.3. The molecule has 2 N–H and O–H groups in total. The molecule has 158 valence electrons. The predicted molar refractivity (Wildman–Crippen MR) is 115 cm³/mol. The number of unbranched alkanes of at least 4 members (excludes halogenated alkanes) is 1. The molecule has 1 amide bonds. The topological polar surface area (TPSA) is 84.5 Å². The first-order chi connectivity index (χ1) is 13.8. The number of aryl methyl sites for hydroxylation is 3. The van der Waals surface area contributed by atoms with Crippen LogP contribution in [0.4, 0.5) is 0 Å². The van der Waals surface area contributed by atoms with Crippen molar-refractivity contribution in [2.75, 3.05) is 19.7 Å². The van der Waals surface area contributed by atoms with Crippen molar-refractivity contribution in [2.45, 2.75) is 44.9 Å². The van der Waals surface area contributed by atoms with E-state index in [4.69, 9.17) is 4.74 Å². The molecule has 6 nitrogen and oxygen atoms in total. The Morgan fingerprint density at radius 2 is 1.66 bits per heavy atom. The zero-order valence-electron chi connectivity index (χ0n) is 17.3. The van der Waals surface area contributed by atoms with Gasteiger partial charge in [-0.1, -0.05) is 23.8 Å². The van der Waals surface area contributed by atoms with E-state index in [1.54, 1.807) is 18.2 Å². The summed E-state index contributed by atoms with van der Waals surface area (Å²) in [6.07, 6.45) is 1.73. The van der Waals surface area contributed by atoms with Gasteiger partial charge >= 0.3 is 0 Å². The minimum atomic E-state index is -3.60. The standard InChI is InChI=1S/C22H30N2O4S/c1-17-6-9-20(10-7-17)28-15-5-4-13-23-22(25)12-14-24-29(26,27)21-11-8-18(2)19(3)16-21/h6-11,16,24H,4-5,12-15H2,1-3H3,(H,23,25). The number of hydrogen-bond acceptors (Lipinski definition) is 4. The van der Waals surface area contributed by atoms with Crippen LogP contribution < -0.4 is 14.8 Å². The second kappa shape index (κ2) is 11.0. The molecule has 0 aliphatic carbocycles. The monoisotopic (exact) mass is 418 g/mol. The lowest BCUT2D eigenvalue weighted by atomic mass is 10.1. The Morgan fingerprint density at radius 3 is 2.34 bits per heavy atom. The van der Waals surface area contributed by atoms with E-state index in [2.05, 4.69) is 10.0 Å². The van der Waals surface area contributed by atoms with Gasteiger partial charge in [0, 0.05) is 19.5 Å². The van der Waals surface area contributed by atoms with Crippen LogP contribution in [0, 0.1) is 20.8 Å². The van der Waals surface area contributed by atoms with Crippen molar-refractivity contribution in [1.29, 1.82) is 0 Å². The van der Waals surface area contributed by atoms with Crippen molar-refractivity contribution in [3.63, 3.8) is 0 Å². The van der Waals surface area contributed by atoms with Crippen molar-refractivity contribution in [1.82, 2.24) is 10.0 Å². The van der Waals surface area contributed by atoms with E-state index >= 15 is 0 Å². The fraction of sp³-hybridized carbons (Fsp3) is 0.409. The maximum atomic E-state index is 12.3. The number of carbonyl (C=O) groups is 1. The third-order valence-electron chi connectivity index (χ3n) is 4.62. The highest BCUT2D eigenvalue weighted by atomic mass is 32.2. The minimum Gasteiger partial charge on any atom is -0.494 e. The zero-order valence-corrected chi connectivity index (χ0v) is 18.1. The molecule has 0 heterocycles. The van der Waals surface area contributed by atoms with Gasteiger partial charge in [0.05, 0.1) is 11.5 Å². The van der Waals surface area contributed by atoms with Crippen LogP contribution in [0.25, 0.3) is 0 Å². The highest BCUT2D eigenvalue weighted by Crippen LogP contribution is 2.14. The lowest BCUT2D eigenvalue weighted by Gasteiger charge is -2.09. The summed E-state index contributed by atoms with van der Waals surface area (Å²) in [7, 11) is -3.60. The Morgan fingerprint density at radius 1 is 0.931 bits per heavy atom. The summed E-state index contributed by atoms with van der Waals surface area (Å²) in [5.41, 5.74) is 3.14. The van der Waals surface area contributed by atoms with Gasteiger partial charge in [-0.15, -0.1) is 0 Å². The molecule has 0 aliphatic heterocycles. The van der Waals surface area contributed by atoms with Crippen LogP contribution in [0.1, 0.15) is 36.0 Å². The first kappa shape index (κ1) is 22.9. The highest BCUT2D eigenvalue weighted by Gasteiger charge is 2.14. The molecular weight excluding hydrogens is 388 g/mol. The van der Waals surface area contributed by atoms with Crippen molar-refractivity contribution >= 4 is 15.9 Å². The third-order valence-corrected chi connectivity index (χ3v) is 6.07. The van der Waals surface area contributed by atoms with Crippen molar-refractivity contribution in [2.24, 2.45) is 0 Å². The molecule has 0 atom stereocenters. The SMILES string of the molecule is Cc1ccc(OCCCCNC(=O)CCNS(=O)(=O)c2ccc(C)c(C)c2)cc1. The van der Waals surface area contributed by atoms with Crippen molar-refractivity contribution in [3.05, 3.63) is 59.2 Å². The van der Waals surface area contributed by atoms with Crippen LogP contribution >= 0.6 is 0 Å². The number of amides is 1. The maximum Gasteiger partial charge on any atom is 0.240 e. The molecule has 0 saturated heterocycles. The van der Waals surface area contributed by atoms with Gasteiger partial charge in [-0.05, 0) is 69.0 Å². The highest BCUT2D eigenvalue weighted by molar-refractivity contribution is 7.89. The third kappa shape index (κ3) is 7.87. The average Bonchev–Trinajstić information content (AvgIpc) is 2.68. The van der Waals surface area contributed by atoms with E-state index in [1.807, 2.05) is 45.0 Å². The fourth-order valence-electron chi connectivity index (χ4n) is 2.63. The average molecular weight is 419 g/mol. The molecule has 0 aromatic heterocycles. The molecule has 2 aromatic carbocycles. The van der Waals surface area contributed by atoms with Gasteiger partial charge in [-0.25, -0.2) is 13.1 Å².